The average molecular weight is 621 g/mol. The van der Waals surface area contributed by atoms with E-state index in [9.17, 15) is 0 Å². The zero-order valence-electron chi connectivity index (χ0n) is 24.3. The van der Waals surface area contributed by atoms with E-state index >= 15 is 0 Å². The highest BCUT2D eigenvalue weighted by atomic mass is 35.5. The van der Waals surface area contributed by atoms with Crippen molar-refractivity contribution in [3.8, 4) is 11.4 Å². The van der Waals surface area contributed by atoms with Crippen LogP contribution in [0.1, 0.15) is 54.5 Å². The van der Waals surface area contributed by atoms with E-state index in [0.717, 1.165) is 69.5 Å². The monoisotopic (exact) mass is 619 g/mol. The molecule has 6 nitrogen and oxygen atoms in total. The number of ether oxygens (including phenoxy) is 1. The van der Waals surface area contributed by atoms with Crippen LogP contribution in [0.5, 0.6) is 5.75 Å². The fourth-order valence-corrected chi connectivity index (χ4v) is 7.20. The Labute approximate surface area is 263 Å². The van der Waals surface area contributed by atoms with Crippen LogP contribution in [-0.4, -0.2) is 34.9 Å². The SMILES string of the molecule is COc1ccc(Cl)cc1-n1c(C)cc([C@H]2[C@@H](c3ccccn3)NC(=S)N2c2ccc(N3CCC(C)CC3)c(Cl)c2)c1C. The van der Waals surface area contributed by atoms with Crippen molar-refractivity contribution in [2.24, 2.45) is 5.92 Å². The number of nitrogens with zero attached hydrogens (tertiary/aromatic N) is 4. The highest BCUT2D eigenvalue weighted by Gasteiger charge is 2.42. The summed E-state index contributed by atoms with van der Waals surface area (Å²) in [6.45, 7) is 8.59. The summed E-state index contributed by atoms with van der Waals surface area (Å²) in [6, 6.07) is 19.9. The van der Waals surface area contributed by atoms with Crippen molar-refractivity contribution in [2.75, 3.05) is 30.0 Å². The number of thiocarbonyl (C=S) groups is 1. The Kier molecular flexibility index (Phi) is 8.09. The molecule has 0 unspecified atom stereocenters. The summed E-state index contributed by atoms with van der Waals surface area (Å²) in [5, 5.41) is 5.60. The topological polar surface area (TPSA) is 45.6 Å². The number of piperidine rings is 1. The lowest BCUT2D eigenvalue weighted by Crippen LogP contribution is -2.33. The van der Waals surface area contributed by atoms with E-state index in [1.165, 1.54) is 12.8 Å². The van der Waals surface area contributed by atoms with Crippen LogP contribution in [0.25, 0.3) is 5.69 Å². The molecule has 2 fully saturated rings. The minimum atomic E-state index is -0.171. The molecular formula is C33H35Cl2N5OS. The summed E-state index contributed by atoms with van der Waals surface area (Å²) in [4.78, 5) is 9.31. The lowest BCUT2D eigenvalue weighted by atomic mass is 9.96. The molecule has 0 radical (unpaired) electrons. The Bertz CT molecular complexity index is 1620. The lowest BCUT2D eigenvalue weighted by Gasteiger charge is -2.33. The molecular weight excluding hydrogens is 585 g/mol. The van der Waals surface area contributed by atoms with Gasteiger partial charge in [-0.15, -0.1) is 0 Å². The van der Waals surface area contributed by atoms with Crippen LogP contribution in [0.15, 0.2) is 66.9 Å². The summed E-state index contributed by atoms with van der Waals surface area (Å²) in [5.74, 6) is 1.50. The van der Waals surface area contributed by atoms with Gasteiger partial charge in [0.15, 0.2) is 5.11 Å². The molecule has 0 saturated carbocycles. The molecule has 2 aliphatic rings. The zero-order chi connectivity index (χ0) is 29.5. The van der Waals surface area contributed by atoms with Crippen LogP contribution in [0.4, 0.5) is 11.4 Å². The highest BCUT2D eigenvalue weighted by molar-refractivity contribution is 7.80. The molecule has 0 amide bonds. The molecule has 4 heterocycles. The number of hydrogen-bond donors (Lipinski definition) is 1. The molecule has 2 aromatic carbocycles. The fourth-order valence-electron chi connectivity index (χ4n) is 6.40. The van der Waals surface area contributed by atoms with Crippen LogP contribution in [-0.2, 0) is 0 Å². The van der Waals surface area contributed by atoms with E-state index in [4.69, 9.17) is 45.1 Å². The number of pyridine rings is 1. The number of hydrogen-bond acceptors (Lipinski definition) is 4. The number of aryl methyl sites for hydroxylation is 1. The Morgan fingerprint density at radius 1 is 0.976 bits per heavy atom. The maximum atomic E-state index is 6.99. The van der Waals surface area contributed by atoms with Crippen LogP contribution in [0.2, 0.25) is 10.0 Å². The number of benzene rings is 2. The second kappa shape index (κ2) is 11.8. The minimum Gasteiger partial charge on any atom is -0.495 e. The molecule has 1 N–H and O–H groups in total. The smallest absolute Gasteiger partial charge is 0.174 e. The van der Waals surface area contributed by atoms with Gasteiger partial charge < -0.3 is 24.4 Å². The third kappa shape index (κ3) is 5.23. The van der Waals surface area contributed by atoms with Crippen molar-refractivity contribution in [1.29, 1.82) is 0 Å². The van der Waals surface area contributed by atoms with E-state index in [1.54, 1.807) is 7.11 Å². The molecule has 4 aromatic rings. The fraction of sp³-hybridized carbons (Fsp3) is 0.333. The third-order valence-electron chi connectivity index (χ3n) is 8.60. The average Bonchev–Trinajstić information content (AvgIpc) is 3.48. The molecule has 42 heavy (non-hydrogen) atoms. The van der Waals surface area contributed by atoms with Gasteiger partial charge in [0.25, 0.3) is 0 Å². The van der Waals surface area contributed by atoms with E-state index in [1.807, 2.05) is 42.6 Å². The number of rotatable bonds is 6. The van der Waals surface area contributed by atoms with Crippen molar-refractivity contribution >= 4 is 51.9 Å². The quantitative estimate of drug-likeness (QED) is 0.219. The summed E-state index contributed by atoms with van der Waals surface area (Å²) in [7, 11) is 1.68. The second-order valence-electron chi connectivity index (χ2n) is 11.3. The van der Waals surface area contributed by atoms with Gasteiger partial charge in [0.2, 0.25) is 0 Å². The van der Waals surface area contributed by atoms with Gasteiger partial charge in [0.05, 0.1) is 41.3 Å². The van der Waals surface area contributed by atoms with Gasteiger partial charge in [0, 0.05) is 41.4 Å². The van der Waals surface area contributed by atoms with Gasteiger partial charge in [-0.25, -0.2) is 0 Å². The predicted octanol–water partition coefficient (Wildman–Crippen LogP) is 8.22. The lowest BCUT2D eigenvalue weighted by molar-refractivity contribution is 0.412. The molecule has 2 aliphatic heterocycles. The third-order valence-corrected chi connectivity index (χ3v) is 9.45. The van der Waals surface area contributed by atoms with Crippen LogP contribution < -0.4 is 19.9 Å². The van der Waals surface area contributed by atoms with Crippen molar-refractivity contribution in [1.82, 2.24) is 14.9 Å². The van der Waals surface area contributed by atoms with Gasteiger partial charge in [0.1, 0.15) is 5.75 Å². The minimum absolute atomic E-state index is 0.170. The molecule has 218 valence electrons. The first kappa shape index (κ1) is 28.8. The van der Waals surface area contributed by atoms with Crippen LogP contribution in [0, 0.1) is 19.8 Å². The first-order valence-electron chi connectivity index (χ1n) is 14.3. The van der Waals surface area contributed by atoms with Crippen molar-refractivity contribution in [3.63, 3.8) is 0 Å². The maximum Gasteiger partial charge on any atom is 0.174 e. The summed E-state index contributed by atoms with van der Waals surface area (Å²) < 4.78 is 7.92. The molecule has 2 atom stereocenters. The number of methoxy groups -OCH3 is 1. The van der Waals surface area contributed by atoms with E-state index in [2.05, 4.69) is 64.7 Å². The number of halogens is 2. The van der Waals surface area contributed by atoms with Gasteiger partial charge in [-0.05, 0) is 105 Å². The van der Waals surface area contributed by atoms with E-state index in [-0.39, 0.29) is 12.1 Å². The predicted molar refractivity (Wildman–Crippen MR) is 177 cm³/mol. The normalized spacial score (nSPS) is 19.3. The van der Waals surface area contributed by atoms with Gasteiger partial charge in [-0.3, -0.25) is 4.98 Å². The van der Waals surface area contributed by atoms with Crippen molar-refractivity contribution < 1.29 is 4.74 Å². The van der Waals surface area contributed by atoms with Gasteiger partial charge >= 0.3 is 0 Å². The maximum absolute atomic E-state index is 6.99. The first-order valence-corrected chi connectivity index (χ1v) is 15.5. The van der Waals surface area contributed by atoms with Gasteiger partial charge in [-0.2, -0.15) is 0 Å². The van der Waals surface area contributed by atoms with Crippen molar-refractivity contribution in [3.05, 3.63) is 99.6 Å². The molecule has 2 saturated heterocycles. The number of aromatic nitrogens is 2. The van der Waals surface area contributed by atoms with Crippen molar-refractivity contribution in [2.45, 2.75) is 45.7 Å². The summed E-state index contributed by atoms with van der Waals surface area (Å²) in [6.07, 6.45) is 4.18. The highest BCUT2D eigenvalue weighted by Crippen LogP contribution is 2.45. The Balaban J connectivity index is 1.46. The molecule has 0 bridgehead atoms. The second-order valence-corrected chi connectivity index (χ2v) is 12.5. The van der Waals surface area contributed by atoms with E-state index < -0.39 is 0 Å². The zero-order valence-corrected chi connectivity index (χ0v) is 26.6. The largest absolute Gasteiger partial charge is 0.495 e. The molecule has 2 aromatic heterocycles. The van der Waals surface area contributed by atoms with Gasteiger partial charge in [-0.1, -0.05) is 36.2 Å². The molecule has 0 aliphatic carbocycles. The Morgan fingerprint density at radius 2 is 1.76 bits per heavy atom. The number of anilines is 2. The summed E-state index contributed by atoms with van der Waals surface area (Å²) >= 11 is 19.4. The Morgan fingerprint density at radius 3 is 2.45 bits per heavy atom. The number of nitrogens with one attached hydrogen (secondary N) is 1. The van der Waals surface area contributed by atoms with Crippen LogP contribution in [0.3, 0.4) is 0 Å². The first-order chi connectivity index (χ1) is 20.3. The Hall–Kier alpha value is -3.26. The molecule has 0 spiro atoms. The molecule has 6 rings (SSSR count). The summed E-state index contributed by atoms with van der Waals surface area (Å²) in [5.41, 5.74) is 7.10. The standard InChI is InChI=1S/C33H35Cl2N5OS/c1-20-12-15-38(16-13-20)28-10-9-24(19-26(28)35)40-32(31(37-33(40)42)27-7-5-6-14-36-27)25-17-21(2)39(22(25)3)29-18-23(34)8-11-30(29)41-4/h5-11,14,17-20,31-32H,12-13,15-16H2,1-4H3,(H,37,42)/t31-,32+/m1/s1. The van der Waals surface area contributed by atoms with E-state index in [0.29, 0.717) is 10.1 Å². The molecule has 9 heteroatoms. The van der Waals surface area contributed by atoms with Crippen LogP contribution >= 0.6 is 35.4 Å².